The van der Waals surface area contributed by atoms with E-state index in [-0.39, 0.29) is 10.8 Å². The summed E-state index contributed by atoms with van der Waals surface area (Å²) in [6.07, 6.45) is 4.96. The second-order valence-corrected chi connectivity index (χ2v) is 9.16. The third-order valence-corrected chi connectivity index (χ3v) is 5.41. The van der Waals surface area contributed by atoms with Gasteiger partial charge in [0.15, 0.2) is 0 Å². The van der Waals surface area contributed by atoms with E-state index >= 15 is 0 Å². The molecule has 2 nitrogen and oxygen atoms in total. The lowest BCUT2D eigenvalue weighted by Crippen LogP contribution is -2.27. The topological polar surface area (TPSA) is 26.3 Å². The Balaban J connectivity index is 2.11. The van der Waals surface area contributed by atoms with Crippen molar-refractivity contribution in [2.75, 3.05) is 0 Å². The molecule has 0 atom stereocenters. The van der Waals surface area contributed by atoms with Crippen LogP contribution in [0.5, 0.6) is 0 Å². The van der Waals surface area contributed by atoms with Gasteiger partial charge in [0, 0.05) is 12.8 Å². The summed E-state index contributed by atoms with van der Waals surface area (Å²) >= 11 is 0. The zero-order chi connectivity index (χ0) is 18.3. The standard InChI is InChI=1S/C22H34O2/c1-14-12-23-19(15(14)2)10-21(6,7)13-22(8,9)11-20-17(4)16(3)18(5)24-20/h12H,10-11,13H2,1-9H3. The van der Waals surface area contributed by atoms with E-state index in [1.54, 1.807) is 0 Å². The molecule has 0 aliphatic heterocycles. The van der Waals surface area contributed by atoms with E-state index in [0.29, 0.717) is 0 Å². The third-order valence-electron chi connectivity index (χ3n) is 5.41. The van der Waals surface area contributed by atoms with Crippen molar-refractivity contribution in [3.05, 3.63) is 45.8 Å². The van der Waals surface area contributed by atoms with E-state index < -0.39 is 0 Å². The Bertz CT molecular complexity index is 711. The van der Waals surface area contributed by atoms with Crippen LogP contribution >= 0.6 is 0 Å². The van der Waals surface area contributed by atoms with Gasteiger partial charge in [-0.3, -0.25) is 0 Å². The second kappa shape index (κ2) is 6.46. The van der Waals surface area contributed by atoms with Crippen LogP contribution in [0.1, 0.15) is 73.7 Å². The van der Waals surface area contributed by atoms with Crippen LogP contribution in [0.2, 0.25) is 0 Å². The number of aryl methyl sites for hydroxylation is 2. The van der Waals surface area contributed by atoms with Crippen molar-refractivity contribution in [1.29, 1.82) is 0 Å². The van der Waals surface area contributed by atoms with E-state index in [9.17, 15) is 0 Å². The summed E-state index contributed by atoms with van der Waals surface area (Å²) in [5.74, 6) is 3.34. The van der Waals surface area contributed by atoms with E-state index in [0.717, 1.165) is 36.5 Å². The fraction of sp³-hybridized carbons (Fsp3) is 0.636. The van der Waals surface area contributed by atoms with Crippen LogP contribution in [-0.2, 0) is 12.8 Å². The lowest BCUT2D eigenvalue weighted by Gasteiger charge is -2.34. The maximum absolute atomic E-state index is 6.02. The molecule has 0 aliphatic rings. The molecule has 2 rings (SSSR count). The Morgan fingerprint density at radius 3 is 1.71 bits per heavy atom. The summed E-state index contributed by atoms with van der Waals surface area (Å²) in [5.41, 5.74) is 5.52. The van der Waals surface area contributed by atoms with Crippen molar-refractivity contribution in [3.8, 4) is 0 Å². The van der Waals surface area contributed by atoms with Gasteiger partial charge in [-0.15, -0.1) is 0 Å². The number of hydrogen-bond donors (Lipinski definition) is 0. The second-order valence-electron chi connectivity index (χ2n) is 9.16. The fourth-order valence-electron chi connectivity index (χ4n) is 4.00. The highest BCUT2D eigenvalue weighted by Gasteiger charge is 2.32. The minimum absolute atomic E-state index is 0.181. The maximum Gasteiger partial charge on any atom is 0.107 e. The average Bonchev–Trinajstić information content (AvgIpc) is 2.85. The van der Waals surface area contributed by atoms with Gasteiger partial charge < -0.3 is 8.83 Å². The third kappa shape index (κ3) is 4.15. The molecule has 24 heavy (non-hydrogen) atoms. The van der Waals surface area contributed by atoms with E-state index in [2.05, 4.69) is 62.3 Å². The quantitative estimate of drug-likeness (QED) is 0.593. The van der Waals surface area contributed by atoms with E-state index in [1.165, 1.54) is 22.3 Å². The Kier molecular flexibility index (Phi) is 5.09. The zero-order valence-corrected chi connectivity index (χ0v) is 17.0. The lowest BCUT2D eigenvalue weighted by molar-refractivity contribution is 0.176. The number of furan rings is 2. The molecule has 2 aromatic heterocycles. The molecular formula is C22H34O2. The Morgan fingerprint density at radius 1 is 0.750 bits per heavy atom. The van der Waals surface area contributed by atoms with Crippen LogP contribution in [0.15, 0.2) is 15.1 Å². The van der Waals surface area contributed by atoms with Crippen LogP contribution in [0.3, 0.4) is 0 Å². The van der Waals surface area contributed by atoms with Crippen molar-refractivity contribution >= 4 is 0 Å². The summed E-state index contributed by atoms with van der Waals surface area (Å²) in [5, 5.41) is 0. The van der Waals surface area contributed by atoms with Crippen LogP contribution < -0.4 is 0 Å². The van der Waals surface area contributed by atoms with E-state index in [1.807, 2.05) is 6.26 Å². The zero-order valence-electron chi connectivity index (χ0n) is 17.0. The van der Waals surface area contributed by atoms with Crippen molar-refractivity contribution in [2.45, 2.75) is 81.6 Å². The van der Waals surface area contributed by atoms with Crippen molar-refractivity contribution in [3.63, 3.8) is 0 Å². The summed E-state index contributed by atoms with van der Waals surface area (Å²) in [7, 11) is 0. The van der Waals surface area contributed by atoms with Crippen molar-refractivity contribution in [1.82, 2.24) is 0 Å². The molecule has 0 saturated heterocycles. The van der Waals surface area contributed by atoms with Crippen LogP contribution in [0.4, 0.5) is 0 Å². The number of hydrogen-bond acceptors (Lipinski definition) is 2. The normalized spacial score (nSPS) is 12.9. The van der Waals surface area contributed by atoms with Gasteiger partial charge >= 0.3 is 0 Å². The van der Waals surface area contributed by atoms with Crippen molar-refractivity contribution in [2.24, 2.45) is 10.8 Å². The van der Waals surface area contributed by atoms with Gasteiger partial charge in [0.2, 0.25) is 0 Å². The maximum atomic E-state index is 6.02. The Morgan fingerprint density at radius 2 is 1.29 bits per heavy atom. The predicted octanol–water partition coefficient (Wildman–Crippen LogP) is 6.64. The average molecular weight is 331 g/mol. The van der Waals surface area contributed by atoms with Gasteiger partial charge in [-0.1, -0.05) is 27.7 Å². The molecule has 2 heteroatoms. The molecule has 2 aromatic rings. The van der Waals surface area contributed by atoms with Crippen LogP contribution in [-0.4, -0.2) is 0 Å². The lowest BCUT2D eigenvalue weighted by atomic mass is 9.70. The monoisotopic (exact) mass is 330 g/mol. The Hall–Kier alpha value is -1.44. The van der Waals surface area contributed by atoms with Gasteiger partial charge in [-0.05, 0) is 74.1 Å². The fourth-order valence-corrected chi connectivity index (χ4v) is 4.00. The first kappa shape index (κ1) is 18.9. The van der Waals surface area contributed by atoms with Gasteiger partial charge in [-0.25, -0.2) is 0 Å². The minimum atomic E-state index is 0.181. The molecule has 0 bridgehead atoms. The molecule has 0 spiro atoms. The minimum Gasteiger partial charge on any atom is -0.469 e. The largest absolute Gasteiger partial charge is 0.469 e. The highest BCUT2D eigenvalue weighted by Crippen LogP contribution is 2.40. The molecule has 0 unspecified atom stereocenters. The highest BCUT2D eigenvalue weighted by atomic mass is 16.3. The predicted molar refractivity (Wildman–Crippen MR) is 101 cm³/mol. The first-order chi connectivity index (χ1) is 10.9. The van der Waals surface area contributed by atoms with Crippen LogP contribution in [0.25, 0.3) is 0 Å². The first-order valence-electron chi connectivity index (χ1n) is 9.01. The molecule has 2 heterocycles. The van der Waals surface area contributed by atoms with Gasteiger partial charge in [-0.2, -0.15) is 0 Å². The SMILES string of the molecule is Cc1coc(CC(C)(C)CC(C)(C)Cc2oc(C)c(C)c2C)c1C. The summed E-state index contributed by atoms with van der Waals surface area (Å²) in [6, 6.07) is 0. The summed E-state index contributed by atoms with van der Waals surface area (Å²) in [4.78, 5) is 0. The summed E-state index contributed by atoms with van der Waals surface area (Å²) < 4.78 is 11.8. The summed E-state index contributed by atoms with van der Waals surface area (Å²) in [6.45, 7) is 20.0. The van der Waals surface area contributed by atoms with Crippen molar-refractivity contribution < 1.29 is 8.83 Å². The van der Waals surface area contributed by atoms with Gasteiger partial charge in [0.25, 0.3) is 0 Å². The first-order valence-corrected chi connectivity index (χ1v) is 9.01. The molecular weight excluding hydrogens is 296 g/mol. The molecule has 0 aliphatic carbocycles. The van der Waals surface area contributed by atoms with E-state index in [4.69, 9.17) is 8.83 Å². The molecule has 0 radical (unpaired) electrons. The molecule has 134 valence electrons. The number of rotatable bonds is 6. The molecule has 0 N–H and O–H groups in total. The molecule has 0 aromatic carbocycles. The molecule has 0 saturated carbocycles. The molecule has 0 amide bonds. The smallest absolute Gasteiger partial charge is 0.107 e. The van der Waals surface area contributed by atoms with Gasteiger partial charge in [0.1, 0.15) is 17.3 Å². The highest BCUT2D eigenvalue weighted by molar-refractivity contribution is 5.31. The van der Waals surface area contributed by atoms with Crippen LogP contribution in [0, 0.1) is 45.4 Å². The van der Waals surface area contributed by atoms with Gasteiger partial charge in [0.05, 0.1) is 6.26 Å². The Labute approximate surface area is 147 Å². The molecule has 0 fully saturated rings.